The number of amidine groups is 1. The monoisotopic (exact) mass is 580 g/mol. The van der Waals surface area contributed by atoms with E-state index in [-0.39, 0.29) is 19.3 Å². The van der Waals surface area contributed by atoms with Crippen molar-refractivity contribution in [3.63, 3.8) is 0 Å². The third kappa shape index (κ3) is 6.79. The molecule has 4 rings (SSSR count). The summed E-state index contributed by atoms with van der Waals surface area (Å²) in [6.45, 7) is 5.96. The van der Waals surface area contributed by atoms with Gasteiger partial charge in [-0.25, -0.2) is 14.2 Å². The van der Waals surface area contributed by atoms with Gasteiger partial charge >= 0.3 is 5.97 Å². The van der Waals surface area contributed by atoms with Crippen LogP contribution in [-0.2, 0) is 19.0 Å². The number of nitrogens with zero attached hydrogens (tertiary/aromatic N) is 4. The van der Waals surface area contributed by atoms with Crippen LogP contribution in [0.2, 0.25) is 0 Å². The van der Waals surface area contributed by atoms with Gasteiger partial charge in [0.1, 0.15) is 18.2 Å². The first-order valence-corrected chi connectivity index (χ1v) is 12.9. The zero-order valence-electron chi connectivity index (χ0n) is 20.6. The molecule has 1 saturated heterocycles. The predicted molar refractivity (Wildman–Crippen MR) is 135 cm³/mol. The molecule has 2 aromatic rings. The molecular weight excluding hydrogens is 551 g/mol. The van der Waals surface area contributed by atoms with Gasteiger partial charge in [-0.3, -0.25) is 15.0 Å². The predicted octanol–water partition coefficient (Wildman–Crippen LogP) is 2.06. The van der Waals surface area contributed by atoms with Gasteiger partial charge in [0.05, 0.1) is 31.5 Å². The van der Waals surface area contributed by atoms with Crippen LogP contribution in [0.5, 0.6) is 0 Å². The molecule has 0 aliphatic carbocycles. The number of aromatic amines is 1. The minimum absolute atomic E-state index is 0.183. The van der Waals surface area contributed by atoms with Crippen molar-refractivity contribution in [1.82, 2.24) is 25.4 Å². The van der Waals surface area contributed by atoms with Gasteiger partial charge in [0.15, 0.2) is 18.0 Å². The molecule has 2 aliphatic heterocycles. The second-order valence-corrected chi connectivity index (χ2v) is 9.40. The van der Waals surface area contributed by atoms with E-state index in [1.807, 2.05) is 6.92 Å². The van der Waals surface area contributed by atoms with E-state index in [9.17, 15) is 14.3 Å². The van der Waals surface area contributed by atoms with Crippen LogP contribution in [0.15, 0.2) is 45.3 Å². The zero-order chi connectivity index (χ0) is 26.4. The third-order valence-electron chi connectivity index (χ3n) is 5.95. The van der Waals surface area contributed by atoms with Crippen molar-refractivity contribution in [1.29, 1.82) is 0 Å². The maximum Gasteiger partial charge on any atom is 0.338 e. The van der Waals surface area contributed by atoms with E-state index in [0.717, 1.165) is 0 Å². The van der Waals surface area contributed by atoms with E-state index in [1.165, 1.54) is 18.5 Å². The zero-order valence-corrected chi connectivity index (χ0v) is 22.2. The van der Waals surface area contributed by atoms with Crippen LogP contribution in [0.25, 0.3) is 0 Å². The Balaban J connectivity index is 1.68. The number of rotatable bonds is 10. The Labute approximate surface area is 222 Å². The van der Waals surface area contributed by atoms with Gasteiger partial charge in [0.25, 0.3) is 0 Å². The second-order valence-electron chi connectivity index (χ2n) is 8.54. The number of halogens is 2. The summed E-state index contributed by atoms with van der Waals surface area (Å²) in [6.07, 6.45) is 0.770. The maximum atomic E-state index is 13.9. The van der Waals surface area contributed by atoms with Gasteiger partial charge in [0.2, 0.25) is 0 Å². The first-order valence-electron chi connectivity index (χ1n) is 12.1. The van der Waals surface area contributed by atoms with E-state index in [2.05, 4.69) is 41.3 Å². The van der Waals surface area contributed by atoms with Crippen molar-refractivity contribution in [3.05, 3.63) is 57.5 Å². The number of morpholine rings is 1. The Morgan fingerprint density at radius 2 is 2.24 bits per heavy atom. The highest BCUT2D eigenvalue weighted by molar-refractivity contribution is 9.10. The minimum Gasteiger partial charge on any atom is -0.463 e. The summed E-state index contributed by atoms with van der Waals surface area (Å²) in [5, 5.41) is 19.7. The summed E-state index contributed by atoms with van der Waals surface area (Å²) in [7, 11) is 0. The van der Waals surface area contributed by atoms with E-state index in [4.69, 9.17) is 19.2 Å². The molecule has 11 nitrogen and oxygen atoms in total. The number of aliphatic hydroxyl groups excluding tert-OH is 1. The number of nitrogens with one attached hydrogen (secondary N) is 2. The summed E-state index contributed by atoms with van der Waals surface area (Å²) < 4.78 is 31.0. The lowest BCUT2D eigenvalue weighted by molar-refractivity contribution is -0.145. The Bertz CT molecular complexity index is 1140. The molecule has 0 spiro atoms. The largest absolute Gasteiger partial charge is 0.463 e. The number of hydrogen-bond acceptors (Lipinski definition) is 10. The molecule has 37 heavy (non-hydrogen) atoms. The molecule has 0 bridgehead atoms. The number of aliphatic hydroxyl groups is 1. The van der Waals surface area contributed by atoms with Gasteiger partial charge in [-0.2, -0.15) is 5.10 Å². The van der Waals surface area contributed by atoms with Crippen molar-refractivity contribution < 1.29 is 28.5 Å². The number of aliphatic imine (C=N–C) groups is 1. The van der Waals surface area contributed by atoms with Gasteiger partial charge in [0, 0.05) is 29.8 Å². The number of benzene rings is 1. The van der Waals surface area contributed by atoms with Gasteiger partial charge in [-0.05, 0) is 31.0 Å². The van der Waals surface area contributed by atoms with Crippen LogP contribution >= 0.6 is 15.9 Å². The van der Waals surface area contributed by atoms with E-state index in [0.29, 0.717) is 65.6 Å². The van der Waals surface area contributed by atoms with Gasteiger partial charge in [-0.1, -0.05) is 28.9 Å². The molecule has 0 amide bonds. The van der Waals surface area contributed by atoms with Crippen molar-refractivity contribution in [2.75, 3.05) is 39.5 Å². The van der Waals surface area contributed by atoms with Crippen LogP contribution in [0, 0.1) is 5.82 Å². The molecule has 200 valence electrons. The van der Waals surface area contributed by atoms with Crippen molar-refractivity contribution >= 4 is 27.7 Å². The Kier molecular flexibility index (Phi) is 9.38. The van der Waals surface area contributed by atoms with Gasteiger partial charge < -0.3 is 24.6 Å². The summed E-state index contributed by atoms with van der Waals surface area (Å²) >= 11 is 3.43. The molecule has 3 atom stereocenters. The van der Waals surface area contributed by atoms with Crippen LogP contribution in [0.1, 0.15) is 37.7 Å². The molecule has 1 fully saturated rings. The number of carbonyl (C=O) groups excluding carboxylic acids is 1. The smallest absolute Gasteiger partial charge is 0.338 e. The third-order valence-corrected chi connectivity index (χ3v) is 6.63. The quantitative estimate of drug-likeness (QED) is 0.285. The molecule has 13 heteroatoms. The normalized spacial score (nSPS) is 21.4. The first-order chi connectivity index (χ1) is 17.9. The first kappa shape index (κ1) is 27.3. The molecule has 1 aromatic heterocycles. The fraction of sp³-hybridized carbons (Fsp3) is 0.500. The maximum absolute atomic E-state index is 13.9. The number of H-pyrrole nitrogens is 1. The van der Waals surface area contributed by atoms with Crippen LogP contribution in [0.3, 0.4) is 0 Å². The van der Waals surface area contributed by atoms with Crippen LogP contribution in [-0.4, -0.2) is 88.8 Å². The molecule has 3 heterocycles. The minimum atomic E-state index is -0.840. The van der Waals surface area contributed by atoms with Gasteiger partial charge in [-0.15, -0.1) is 0 Å². The lowest BCUT2D eigenvalue weighted by Crippen LogP contribution is -2.48. The number of ether oxygens (including phenoxy) is 3. The fourth-order valence-corrected chi connectivity index (χ4v) is 4.71. The lowest BCUT2D eigenvalue weighted by atomic mass is 9.95. The lowest BCUT2D eigenvalue weighted by Gasteiger charge is -2.35. The Hall–Kier alpha value is -2.71. The highest BCUT2D eigenvalue weighted by Crippen LogP contribution is 2.36. The number of hydrogen-bond donors (Lipinski definition) is 3. The molecule has 1 aromatic carbocycles. The molecule has 2 aliphatic rings. The second kappa shape index (κ2) is 12.7. The Morgan fingerprint density at radius 1 is 1.41 bits per heavy atom. The Morgan fingerprint density at radius 3 is 2.95 bits per heavy atom. The highest BCUT2D eigenvalue weighted by atomic mass is 79.9. The summed E-state index contributed by atoms with van der Waals surface area (Å²) in [5.74, 6) is -0.155. The average molecular weight is 581 g/mol. The van der Waals surface area contributed by atoms with Crippen molar-refractivity contribution in [2.24, 2.45) is 4.99 Å². The molecule has 0 radical (unpaired) electrons. The summed E-state index contributed by atoms with van der Waals surface area (Å²) in [4.78, 5) is 24.4. The van der Waals surface area contributed by atoms with Crippen LogP contribution < -0.4 is 5.32 Å². The molecule has 3 N–H and O–H groups in total. The SMILES string of the molecule is CCOC(=O)C1=C(CN2CCOC(COC(O)CC)C2)NC(c2ncn[nH]2)=NC1c1ccc(F)cc1Br. The summed E-state index contributed by atoms with van der Waals surface area (Å²) in [5.41, 5.74) is 1.50. The number of aromatic nitrogens is 3. The molecular formula is C24H30BrFN6O5. The van der Waals surface area contributed by atoms with E-state index < -0.39 is 24.1 Å². The number of carbonyl (C=O) groups is 1. The van der Waals surface area contributed by atoms with E-state index >= 15 is 0 Å². The number of esters is 1. The average Bonchev–Trinajstić information content (AvgIpc) is 3.42. The van der Waals surface area contributed by atoms with Crippen molar-refractivity contribution in [3.8, 4) is 0 Å². The fourth-order valence-electron chi connectivity index (χ4n) is 4.14. The van der Waals surface area contributed by atoms with Crippen molar-refractivity contribution in [2.45, 2.75) is 38.7 Å². The molecule has 3 unspecified atom stereocenters. The summed E-state index contributed by atoms with van der Waals surface area (Å²) in [6, 6.07) is 3.46. The standard InChI is InChI=1S/C24H30BrFN6O5/c1-3-19(33)37-12-15-10-32(7-8-36-15)11-18-20(24(34)35-4-2)21(16-6-5-14(26)9-17(16)25)30-23(29-18)22-27-13-28-31-22/h5-6,9,13,15,19,21,33H,3-4,7-8,10-12H2,1-2H3,(H,29,30)(H,27,28,31). The molecule has 0 saturated carbocycles. The highest BCUT2D eigenvalue weighted by Gasteiger charge is 2.35. The van der Waals surface area contributed by atoms with Crippen LogP contribution in [0.4, 0.5) is 4.39 Å². The topological polar surface area (TPSA) is 134 Å². The van der Waals surface area contributed by atoms with E-state index in [1.54, 1.807) is 13.0 Å².